The molecule has 0 saturated carbocycles. The van der Waals surface area contributed by atoms with E-state index in [-0.39, 0.29) is 0 Å². The number of hydrogen-bond donors (Lipinski definition) is 0. The average molecular weight is 265 g/mol. The van der Waals surface area contributed by atoms with Crippen molar-refractivity contribution in [2.75, 3.05) is 11.4 Å². The fourth-order valence-corrected chi connectivity index (χ4v) is 2.81. The summed E-state index contributed by atoms with van der Waals surface area (Å²) in [5.41, 5.74) is 4.97. The van der Waals surface area contributed by atoms with Crippen molar-refractivity contribution in [3.63, 3.8) is 0 Å². The molecule has 0 amide bonds. The zero-order valence-corrected chi connectivity index (χ0v) is 11.3. The van der Waals surface area contributed by atoms with Crippen LogP contribution in [0.3, 0.4) is 0 Å². The van der Waals surface area contributed by atoms with E-state index in [2.05, 4.69) is 45.1 Å². The molecule has 20 heavy (non-hydrogen) atoms. The first-order valence-electron chi connectivity index (χ1n) is 6.79. The van der Waals surface area contributed by atoms with Gasteiger partial charge in [-0.2, -0.15) is 9.61 Å². The molecule has 1 aromatic carbocycles. The van der Waals surface area contributed by atoms with E-state index in [0.29, 0.717) is 0 Å². The minimum atomic E-state index is 0.838. The van der Waals surface area contributed by atoms with Crippen LogP contribution >= 0.6 is 0 Å². The Morgan fingerprint density at radius 3 is 3.00 bits per heavy atom. The lowest BCUT2D eigenvalue weighted by molar-refractivity contribution is 0.684. The van der Waals surface area contributed by atoms with Crippen LogP contribution in [-0.4, -0.2) is 26.1 Å². The Balaban J connectivity index is 1.76. The molecule has 0 N–H and O–H groups in total. The van der Waals surface area contributed by atoms with Crippen LogP contribution < -0.4 is 4.90 Å². The normalized spacial score (nSPS) is 14.6. The quantitative estimate of drug-likeness (QED) is 0.675. The third-order valence-corrected chi connectivity index (χ3v) is 3.83. The highest BCUT2D eigenvalue weighted by atomic mass is 15.4. The predicted octanol–water partition coefficient (Wildman–Crippen LogP) is 2.00. The maximum absolute atomic E-state index is 4.41. The van der Waals surface area contributed by atoms with Gasteiger partial charge in [-0.1, -0.05) is 23.8 Å². The Kier molecular flexibility index (Phi) is 2.45. The minimum absolute atomic E-state index is 0.838. The minimum Gasteiger partial charge on any atom is -0.336 e. The maximum atomic E-state index is 4.41. The highest BCUT2D eigenvalue weighted by Gasteiger charge is 2.19. The fourth-order valence-electron chi connectivity index (χ4n) is 2.81. The molecule has 0 atom stereocenters. The standard InChI is InChI=1S/C15H15N5/c1-11-2-3-12-5-7-19(9-13(12)8-11)15-17-10-16-14-4-6-18-20(14)15/h2-4,6,8,10H,5,7,9H2,1H3. The summed E-state index contributed by atoms with van der Waals surface area (Å²) in [5, 5.41) is 4.32. The van der Waals surface area contributed by atoms with Crippen molar-refractivity contribution in [2.45, 2.75) is 19.9 Å². The van der Waals surface area contributed by atoms with Gasteiger partial charge in [0.1, 0.15) is 6.33 Å². The second-order valence-electron chi connectivity index (χ2n) is 5.22. The number of rotatable bonds is 1. The van der Waals surface area contributed by atoms with E-state index in [1.807, 2.05) is 6.07 Å². The van der Waals surface area contributed by atoms with Crippen LogP contribution in [-0.2, 0) is 13.0 Å². The number of benzene rings is 1. The molecule has 4 rings (SSSR count). The summed E-state index contributed by atoms with van der Waals surface area (Å²) in [4.78, 5) is 10.9. The largest absolute Gasteiger partial charge is 0.336 e. The number of hydrogen-bond acceptors (Lipinski definition) is 4. The van der Waals surface area contributed by atoms with Crippen LogP contribution in [0.15, 0.2) is 36.8 Å². The monoisotopic (exact) mass is 265 g/mol. The summed E-state index contributed by atoms with van der Waals surface area (Å²) in [6, 6.07) is 8.59. The maximum Gasteiger partial charge on any atom is 0.230 e. The summed E-state index contributed by atoms with van der Waals surface area (Å²) in [5.74, 6) is 0.868. The smallest absolute Gasteiger partial charge is 0.230 e. The second-order valence-corrected chi connectivity index (χ2v) is 5.22. The number of aromatic nitrogens is 4. The Hall–Kier alpha value is -2.43. The van der Waals surface area contributed by atoms with Crippen molar-refractivity contribution in [3.05, 3.63) is 53.5 Å². The first-order chi connectivity index (χ1) is 9.81. The Bertz CT molecular complexity index is 777. The fraction of sp³-hybridized carbons (Fsp3) is 0.267. The molecule has 3 aromatic rings. The lowest BCUT2D eigenvalue weighted by atomic mass is 9.98. The van der Waals surface area contributed by atoms with Gasteiger partial charge in [-0.25, -0.2) is 9.97 Å². The van der Waals surface area contributed by atoms with Crippen molar-refractivity contribution in [3.8, 4) is 0 Å². The van der Waals surface area contributed by atoms with Crippen LogP contribution in [0.5, 0.6) is 0 Å². The molecular formula is C15H15N5. The number of anilines is 1. The molecule has 5 heteroatoms. The molecule has 1 aliphatic rings. The molecule has 100 valence electrons. The summed E-state index contributed by atoms with van der Waals surface area (Å²) in [7, 11) is 0. The van der Waals surface area contributed by atoms with Crippen molar-refractivity contribution < 1.29 is 0 Å². The van der Waals surface area contributed by atoms with Crippen molar-refractivity contribution in [1.82, 2.24) is 19.6 Å². The van der Waals surface area contributed by atoms with Crippen LogP contribution in [0.1, 0.15) is 16.7 Å². The van der Waals surface area contributed by atoms with Crippen LogP contribution in [0.25, 0.3) is 5.65 Å². The molecule has 0 radical (unpaired) electrons. The topological polar surface area (TPSA) is 46.3 Å². The van der Waals surface area contributed by atoms with Crippen LogP contribution in [0.4, 0.5) is 5.95 Å². The SMILES string of the molecule is Cc1ccc2c(c1)CN(c1ncnc3ccnn13)CC2. The lowest BCUT2D eigenvalue weighted by Crippen LogP contribution is -2.32. The van der Waals surface area contributed by atoms with Gasteiger partial charge in [0.05, 0.1) is 6.20 Å². The van der Waals surface area contributed by atoms with E-state index in [1.54, 1.807) is 17.0 Å². The highest BCUT2D eigenvalue weighted by molar-refractivity contribution is 5.46. The van der Waals surface area contributed by atoms with E-state index < -0.39 is 0 Å². The van der Waals surface area contributed by atoms with Gasteiger partial charge in [-0.15, -0.1) is 0 Å². The highest BCUT2D eigenvalue weighted by Crippen LogP contribution is 2.23. The molecule has 5 nitrogen and oxygen atoms in total. The van der Waals surface area contributed by atoms with E-state index in [9.17, 15) is 0 Å². The molecule has 0 unspecified atom stereocenters. The van der Waals surface area contributed by atoms with Gasteiger partial charge < -0.3 is 4.90 Å². The summed E-state index contributed by atoms with van der Waals surface area (Å²) in [6.07, 6.45) is 4.41. The molecule has 1 aliphatic heterocycles. The molecule has 0 fully saturated rings. The van der Waals surface area contributed by atoms with Crippen molar-refractivity contribution >= 4 is 11.6 Å². The summed E-state index contributed by atoms with van der Waals surface area (Å²) in [6.45, 7) is 3.97. The third-order valence-electron chi connectivity index (χ3n) is 3.83. The van der Waals surface area contributed by atoms with Crippen LogP contribution in [0, 0.1) is 6.92 Å². The molecule has 2 aromatic heterocycles. The number of aryl methyl sites for hydroxylation is 1. The molecular weight excluding hydrogens is 250 g/mol. The summed E-state index contributed by atoms with van der Waals surface area (Å²) < 4.78 is 1.81. The van der Waals surface area contributed by atoms with Crippen molar-refractivity contribution in [2.24, 2.45) is 0 Å². The van der Waals surface area contributed by atoms with Gasteiger partial charge >= 0.3 is 0 Å². The third kappa shape index (κ3) is 1.74. The van der Waals surface area contributed by atoms with Gasteiger partial charge in [0.2, 0.25) is 5.95 Å². The molecule has 0 aliphatic carbocycles. The number of nitrogens with zero attached hydrogens (tertiary/aromatic N) is 5. The van der Waals surface area contributed by atoms with Gasteiger partial charge in [-0.05, 0) is 24.5 Å². The van der Waals surface area contributed by atoms with E-state index in [0.717, 1.165) is 31.1 Å². The van der Waals surface area contributed by atoms with E-state index >= 15 is 0 Å². The molecule has 0 saturated heterocycles. The predicted molar refractivity (Wildman–Crippen MR) is 76.7 cm³/mol. The second kappa shape index (κ2) is 4.30. The molecule has 0 bridgehead atoms. The first-order valence-corrected chi connectivity index (χ1v) is 6.79. The lowest BCUT2D eigenvalue weighted by Gasteiger charge is -2.29. The van der Waals surface area contributed by atoms with Gasteiger partial charge in [-0.3, -0.25) is 0 Å². The van der Waals surface area contributed by atoms with Crippen molar-refractivity contribution in [1.29, 1.82) is 0 Å². The molecule has 3 heterocycles. The number of fused-ring (bicyclic) bond motifs is 2. The Morgan fingerprint density at radius 1 is 1.10 bits per heavy atom. The Labute approximate surface area is 116 Å². The zero-order chi connectivity index (χ0) is 13.5. The Morgan fingerprint density at radius 2 is 2.05 bits per heavy atom. The van der Waals surface area contributed by atoms with Gasteiger partial charge in [0, 0.05) is 19.2 Å². The first kappa shape index (κ1) is 11.4. The molecule has 0 spiro atoms. The van der Waals surface area contributed by atoms with Crippen LogP contribution in [0.2, 0.25) is 0 Å². The van der Waals surface area contributed by atoms with Gasteiger partial charge in [0.25, 0.3) is 0 Å². The van der Waals surface area contributed by atoms with Gasteiger partial charge in [0.15, 0.2) is 5.65 Å². The summed E-state index contributed by atoms with van der Waals surface area (Å²) >= 11 is 0. The van der Waals surface area contributed by atoms with E-state index in [1.165, 1.54) is 16.7 Å². The average Bonchev–Trinajstić information content (AvgIpc) is 2.94. The zero-order valence-electron chi connectivity index (χ0n) is 11.3. The van der Waals surface area contributed by atoms with E-state index in [4.69, 9.17) is 0 Å².